The van der Waals surface area contributed by atoms with Crippen LogP contribution in [0.4, 0.5) is 0 Å². The number of nitrogens with zero attached hydrogens (tertiary/aromatic N) is 1. The van der Waals surface area contributed by atoms with Crippen LogP contribution in [0.1, 0.15) is 5.56 Å². The molecule has 1 unspecified atom stereocenters. The molecule has 1 atom stereocenters. The molecule has 15 heavy (non-hydrogen) atoms. The summed E-state index contributed by atoms with van der Waals surface area (Å²) in [6.45, 7) is 0. The highest BCUT2D eigenvalue weighted by Gasteiger charge is 2.43. The summed E-state index contributed by atoms with van der Waals surface area (Å²) >= 11 is 0. The van der Waals surface area contributed by atoms with Crippen molar-refractivity contribution in [1.82, 2.24) is 5.32 Å². The predicted molar refractivity (Wildman–Crippen MR) is 59.1 cm³/mol. The van der Waals surface area contributed by atoms with Crippen molar-refractivity contribution in [1.29, 1.82) is 0 Å². The Balaban J connectivity index is 2.44. The fraction of sp³-hybridized carbons (Fsp3) is 0.100. The highest BCUT2D eigenvalue weighted by atomic mass is 16.4. The Morgan fingerprint density at radius 2 is 1.93 bits per heavy atom. The van der Waals surface area contributed by atoms with Crippen molar-refractivity contribution < 1.29 is 10.0 Å². The predicted octanol–water partition coefficient (Wildman–Crippen LogP) is 0.0391. The van der Waals surface area contributed by atoms with E-state index >= 15 is 0 Å². The second-order valence-electron chi connectivity index (χ2n) is 3.29. The molecule has 0 saturated heterocycles. The Morgan fingerprint density at radius 3 is 2.47 bits per heavy atom. The first-order valence-corrected chi connectivity index (χ1v) is 4.65. The van der Waals surface area contributed by atoms with Gasteiger partial charge in [0.1, 0.15) is 0 Å². The quantitative estimate of drug-likeness (QED) is 0.593. The number of hydrogen-bond acceptors (Lipinski definition) is 4. The summed E-state index contributed by atoms with van der Waals surface area (Å²) in [5.41, 5.74) is -0.476. The first kappa shape index (κ1) is 9.95. The van der Waals surface area contributed by atoms with E-state index in [2.05, 4.69) is 10.3 Å². The third kappa shape index (κ3) is 1.67. The normalized spacial score (nSPS) is 23.6. The Morgan fingerprint density at radius 1 is 1.20 bits per heavy atom. The maximum atomic E-state index is 9.43. The molecule has 1 aliphatic heterocycles. The van der Waals surface area contributed by atoms with Crippen molar-refractivity contribution in [2.75, 3.05) is 0 Å². The van der Waals surface area contributed by atoms with Crippen LogP contribution < -0.4 is 5.32 Å². The first-order valence-electron chi connectivity index (χ1n) is 4.65. The smallest absolute Gasteiger partial charge is 0.424 e. The van der Waals surface area contributed by atoms with Gasteiger partial charge >= 0.3 is 7.12 Å². The Hall–Kier alpha value is -1.59. The van der Waals surface area contributed by atoms with Crippen molar-refractivity contribution >= 4 is 13.3 Å². The summed E-state index contributed by atoms with van der Waals surface area (Å²) in [4.78, 5) is 4.11. The Labute approximate surface area is 88.1 Å². The molecule has 0 spiro atoms. The highest BCUT2D eigenvalue weighted by molar-refractivity contribution is 6.45. The second kappa shape index (κ2) is 3.88. The molecule has 76 valence electrons. The van der Waals surface area contributed by atoms with Crippen molar-refractivity contribution in [3.63, 3.8) is 0 Å². The molecule has 0 radical (unpaired) electrons. The molecular formula is C10H11BN2O2. The van der Waals surface area contributed by atoms with E-state index in [1.165, 1.54) is 0 Å². The van der Waals surface area contributed by atoms with E-state index in [1.807, 2.05) is 18.2 Å². The fourth-order valence-electron chi connectivity index (χ4n) is 1.56. The van der Waals surface area contributed by atoms with Crippen LogP contribution >= 0.6 is 0 Å². The van der Waals surface area contributed by atoms with Gasteiger partial charge in [-0.05, 0) is 17.8 Å². The van der Waals surface area contributed by atoms with Gasteiger partial charge in [0.05, 0.1) is 0 Å². The molecule has 1 aromatic rings. The minimum atomic E-state index is -1.60. The maximum Gasteiger partial charge on any atom is 0.507 e. The lowest BCUT2D eigenvalue weighted by atomic mass is 9.68. The van der Waals surface area contributed by atoms with E-state index in [1.54, 1.807) is 30.6 Å². The molecule has 1 aromatic carbocycles. The van der Waals surface area contributed by atoms with Gasteiger partial charge in [-0.15, -0.1) is 0 Å². The molecule has 0 aliphatic carbocycles. The lowest BCUT2D eigenvalue weighted by Gasteiger charge is -2.31. The third-order valence-corrected chi connectivity index (χ3v) is 2.35. The Bertz CT molecular complexity index is 392. The average Bonchev–Trinajstić information content (AvgIpc) is 2.31. The molecule has 0 bridgehead atoms. The molecule has 0 aromatic heterocycles. The molecule has 1 aliphatic rings. The highest BCUT2D eigenvalue weighted by Crippen LogP contribution is 2.25. The largest absolute Gasteiger partial charge is 0.507 e. The lowest BCUT2D eigenvalue weighted by Crippen LogP contribution is -2.52. The van der Waals surface area contributed by atoms with Crippen LogP contribution in [0.3, 0.4) is 0 Å². The van der Waals surface area contributed by atoms with Crippen LogP contribution in [0.5, 0.6) is 0 Å². The molecule has 5 heteroatoms. The molecule has 0 fully saturated rings. The van der Waals surface area contributed by atoms with Crippen LogP contribution in [-0.4, -0.2) is 23.4 Å². The van der Waals surface area contributed by atoms with Gasteiger partial charge in [0.2, 0.25) is 0 Å². The van der Waals surface area contributed by atoms with E-state index < -0.39 is 12.7 Å². The summed E-state index contributed by atoms with van der Waals surface area (Å²) in [5, 5.41) is 21.7. The van der Waals surface area contributed by atoms with E-state index in [0.717, 1.165) is 0 Å². The number of rotatable bonds is 2. The van der Waals surface area contributed by atoms with Crippen LogP contribution in [0.25, 0.3) is 0 Å². The number of nitrogens with one attached hydrogen (secondary N) is 1. The number of benzene rings is 1. The monoisotopic (exact) mass is 202 g/mol. The zero-order valence-electron chi connectivity index (χ0n) is 8.04. The molecule has 2 rings (SSSR count). The van der Waals surface area contributed by atoms with E-state index in [0.29, 0.717) is 5.56 Å². The van der Waals surface area contributed by atoms with E-state index in [9.17, 15) is 10.0 Å². The SMILES string of the molecule is OB(O)C1(c2ccccc2)N=CC=CN1. The Kier molecular flexibility index (Phi) is 2.57. The van der Waals surface area contributed by atoms with Crippen LogP contribution in [0, 0.1) is 0 Å². The zero-order chi connectivity index (χ0) is 10.7. The fourth-order valence-corrected chi connectivity index (χ4v) is 1.56. The van der Waals surface area contributed by atoms with Crippen molar-refractivity contribution in [3.8, 4) is 0 Å². The van der Waals surface area contributed by atoms with Gasteiger partial charge in [0.15, 0.2) is 5.56 Å². The third-order valence-electron chi connectivity index (χ3n) is 2.35. The summed E-state index contributed by atoms with van der Waals surface area (Å²) in [5.74, 6) is 0. The van der Waals surface area contributed by atoms with Crippen LogP contribution in [0.2, 0.25) is 0 Å². The van der Waals surface area contributed by atoms with Gasteiger partial charge in [-0.1, -0.05) is 30.3 Å². The van der Waals surface area contributed by atoms with Gasteiger partial charge in [0.25, 0.3) is 0 Å². The van der Waals surface area contributed by atoms with Crippen molar-refractivity contribution in [2.45, 2.75) is 5.56 Å². The van der Waals surface area contributed by atoms with Crippen LogP contribution in [0.15, 0.2) is 47.6 Å². The van der Waals surface area contributed by atoms with Crippen LogP contribution in [-0.2, 0) is 5.56 Å². The summed E-state index contributed by atoms with van der Waals surface area (Å²) in [7, 11) is -1.60. The molecule has 1 heterocycles. The molecule has 0 saturated carbocycles. The van der Waals surface area contributed by atoms with Gasteiger partial charge in [0, 0.05) is 6.21 Å². The molecular weight excluding hydrogens is 191 g/mol. The summed E-state index contributed by atoms with van der Waals surface area (Å²) < 4.78 is 0. The van der Waals surface area contributed by atoms with Gasteiger partial charge in [-0.2, -0.15) is 0 Å². The average molecular weight is 202 g/mol. The number of aliphatic imine (C=N–C) groups is 1. The molecule has 4 nitrogen and oxygen atoms in total. The summed E-state index contributed by atoms with van der Waals surface area (Å²) in [6.07, 6.45) is 4.88. The molecule has 0 amide bonds. The first-order chi connectivity index (χ1) is 7.26. The maximum absolute atomic E-state index is 9.43. The molecule has 3 N–H and O–H groups in total. The topological polar surface area (TPSA) is 64.8 Å². The zero-order valence-corrected chi connectivity index (χ0v) is 8.04. The van der Waals surface area contributed by atoms with Gasteiger partial charge < -0.3 is 15.4 Å². The standard InChI is InChI=1S/C10H11BN2O2/c14-11(15)10(12-7-4-8-13-10)9-5-2-1-3-6-9/h1-8,12,14-15H. The summed E-state index contributed by atoms with van der Waals surface area (Å²) in [6, 6.07) is 9.11. The van der Waals surface area contributed by atoms with Gasteiger partial charge in [-0.3, -0.25) is 4.99 Å². The number of allylic oxidation sites excluding steroid dienone is 1. The van der Waals surface area contributed by atoms with Crippen molar-refractivity contribution in [2.24, 2.45) is 4.99 Å². The lowest BCUT2D eigenvalue weighted by molar-refractivity contribution is 0.327. The van der Waals surface area contributed by atoms with Gasteiger partial charge in [-0.25, -0.2) is 0 Å². The van der Waals surface area contributed by atoms with Crippen molar-refractivity contribution in [3.05, 3.63) is 48.2 Å². The van der Waals surface area contributed by atoms with E-state index in [4.69, 9.17) is 0 Å². The minimum absolute atomic E-state index is 0.709. The number of hydrogen-bond donors (Lipinski definition) is 3. The van der Waals surface area contributed by atoms with E-state index in [-0.39, 0.29) is 0 Å². The minimum Gasteiger partial charge on any atom is -0.424 e. The second-order valence-corrected chi connectivity index (χ2v) is 3.29.